The number of rotatable bonds is 4. The summed E-state index contributed by atoms with van der Waals surface area (Å²) in [5.74, 6) is 0.418. The van der Waals surface area contributed by atoms with Crippen LogP contribution in [0.25, 0.3) is 0 Å². The van der Waals surface area contributed by atoms with Crippen LogP contribution >= 0.6 is 0 Å². The maximum absolute atomic E-state index is 11.4. The van der Waals surface area contributed by atoms with Crippen LogP contribution in [-0.4, -0.2) is 50.2 Å². The highest BCUT2D eigenvalue weighted by atomic mass is 32.2. The summed E-state index contributed by atoms with van der Waals surface area (Å²) in [5, 5.41) is 19.7. The molecule has 1 fully saturated rings. The monoisotopic (exact) mass is 301 g/mol. The molecular formula is C13H19NO5S. The van der Waals surface area contributed by atoms with Gasteiger partial charge in [0.25, 0.3) is 0 Å². The summed E-state index contributed by atoms with van der Waals surface area (Å²) in [6, 6.07) is 6.43. The zero-order chi connectivity index (χ0) is 14.9. The van der Waals surface area contributed by atoms with E-state index in [0.717, 1.165) is 11.8 Å². The van der Waals surface area contributed by atoms with Crippen molar-refractivity contribution in [3.05, 3.63) is 29.8 Å². The summed E-state index contributed by atoms with van der Waals surface area (Å²) in [6.45, 7) is 0. The van der Waals surface area contributed by atoms with E-state index in [1.165, 1.54) is 0 Å². The van der Waals surface area contributed by atoms with Crippen LogP contribution in [0.3, 0.4) is 0 Å². The number of benzene rings is 1. The van der Waals surface area contributed by atoms with Crippen LogP contribution in [0.2, 0.25) is 0 Å². The Kier molecular flexibility index (Phi) is 4.33. The Bertz CT molecular complexity index is 557. The molecule has 7 heteroatoms. The SMILES string of the molecule is COc1ccc([C@H]2C[C@@H](O)[C@@H](O)[C@@H]2NS(C)(=O)=O)cc1. The van der Waals surface area contributed by atoms with Gasteiger partial charge in [-0.25, -0.2) is 13.1 Å². The fraction of sp³-hybridized carbons (Fsp3) is 0.538. The van der Waals surface area contributed by atoms with Crippen LogP contribution < -0.4 is 9.46 Å². The zero-order valence-electron chi connectivity index (χ0n) is 11.4. The highest BCUT2D eigenvalue weighted by molar-refractivity contribution is 7.88. The van der Waals surface area contributed by atoms with E-state index in [1.54, 1.807) is 19.2 Å². The zero-order valence-corrected chi connectivity index (χ0v) is 12.2. The molecule has 0 aromatic heterocycles. The number of aliphatic hydroxyl groups is 2. The quantitative estimate of drug-likeness (QED) is 0.717. The lowest BCUT2D eigenvalue weighted by atomic mass is 9.94. The molecule has 1 aromatic carbocycles. The van der Waals surface area contributed by atoms with Gasteiger partial charge < -0.3 is 14.9 Å². The summed E-state index contributed by atoms with van der Waals surface area (Å²) in [6.07, 6.45) is -0.714. The highest BCUT2D eigenvalue weighted by Gasteiger charge is 2.43. The van der Waals surface area contributed by atoms with E-state index in [-0.39, 0.29) is 5.92 Å². The normalized spacial score (nSPS) is 30.4. The van der Waals surface area contributed by atoms with Gasteiger partial charge in [-0.05, 0) is 24.1 Å². The van der Waals surface area contributed by atoms with Crippen LogP contribution in [-0.2, 0) is 10.0 Å². The van der Waals surface area contributed by atoms with E-state index in [2.05, 4.69) is 4.72 Å². The van der Waals surface area contributed by atoms with Crippen molar-refractivity contribution >= 4 is 10.0 Å². The van der Waals surface area contributed by atoms with Crippen LogP contribution in [0.1, 0.15) is 17.9 Å². The molecule has 0 unspecified atom stereocenters. The number of nitrogens with one attached hydrogen (secondary N) is 1. The van der Waals surface area contributed by atoms with Crippen molar-refractivity contribution in [2.24, 2.45) is 0 Å². The molecule has 0 saturated heterocycles. The molecule has 1 saturated carbocycles. The molecule has 1 aliphatic carbocycles. The van der Waals surface area contributed by atoms with Gasteiger partial charge in [0.1, 0.15) is 5.75 Å². The molecular weight excluding hydrogens is 282 g/mol. The molecule has 4 atom stereocenters. The Morgan fingerprint density at radius 2 is 1.85 bits per heavy atom. The standard InChI is InChI=1S/C13H19NO5S/c1-19-9-5-3-8(4-6-9)10-7-11(15)13(16)12(10)14-20(2,17)18/h3-6,10-16H,7H2,1-2H3/t10-,11-,12-,13-/m1/s1. The second-order valence-corrected chi connectivity index (χ2v) is 6.87. The van der Waals surface area contributed by atoms with Gasteiger partial charge in [0.05, 0.1) is 31.6 Å². The first-order valence-electron chi connectivity index (χ1n) is 6.29. The van der Waals surface area contributed by atoms with E-state index in [0.29, 0.717) is 12.2 Å². The Morgan fingerprint density at radius 1 is 1.25 bits per heavy atom. The van der Waals surface area contributed by atoms with Gasteiger partial charge in [-0.3, -0.25) is 0 Å². The smallest absolute Gasteiger partial charge is 0.209 e. The third-order valence-corrected chi connectivity index (χ3v) is 4.29. The highest BCUT2D eigenvalue weighted by Crippen LogP contribution is 2.36. The van der Waals surface area contributed by atoms with Gasteiger partial charge in [0, 0.05) is 5.92 Å². The average Bonchev–Trinajstić information content (AvgIpc) is 2.65. The maximum atomic E-state index is 11.4. The third kappa shape index (κ3) is 3.29. The van der Waals surface area contributed by atoms with Gasteiger partial charge in [0.15, 0.2) is 0 Å². The number of sulfonamides is 1. The first-order chi connectivity index (χ1) is 9.31. The van der Waals surface area contributed by atoms with Crippen molar-refractivity contribution in [1.82, 2.24) is 4.72 Å². The molecule has 2 rings (SSSR count). The number of ether oxygens (including phenoxy) is 1. The Morgan fingerprint density at radius 3 is 2.35 bits per heavy atom. The molecule has 0 heterocycles. The predicted octanol–water partition coefficient (Wildman–Crippen LogP) is -0.178. The first kappa shape index (κ1) is 15.2. The van der Waals surface area contributed by atoms with E-state index in [9.17, 15) is 18.6 Å². The molecule has 6 nitrogen and oxygen atoms in total. The summed E-state index contributed by atoms with van der Waals surface area (Å²) in [7, 11) is -1.90. The molecule has 1 aliphatic rings. The van der Waals surface area contributed by atoms with Crippen molar-refractivity contribution in [2.45, 2.75) is 30.6 Å². The Balaban J connectivity index is 2.27. The summed E-state index contributed by atoms with van der Waals surface area (Å²) in [5.41, 5.74) is 0.850. The topological polar surface area (TPSA) is 95.9 Å². The minimum Gasteiger partial charge on any atom is -0.497 e. The molecule has 3 N–H and O–H groups in total. The van der Waals surface area contributed by atoms with Crippen molar-refractivity contribution in [3.63, 3.8) is 0 Å². The first-order valence-corrected chi connectivity index (χ1v) is 8.18. The molecule has 0 aliphatic heterocycles. The lowest BCUT2D eigenvalue weighted by Gasteiger charge is -2.22. The molecule has 20 heavy (non-hydrogen) atoms. The molecule has 1 aromatic rings. The van der Waals surface area contributed by atoms with Crippen molar-refractivity contribution in [1.29, 1.82) is 0 Å². The van der Waals surface area contributed by atoms with E-state index >= 15 is 0 Å². The van der Waals surface area contributed by atoms with Gasteiger partial charge in [-0.15, -0.1) is 0 Å². The number of methoxy groups -OCH3 is 1. The minimum atomic E-state index is -3.46. The van der Waals surface area contributed by atoms with Crippen molar-refractivity contribution < 1.29 is 23.4 Å². The second kappa shape index (κ2) is 5.69. The maximum Gasteiger partial charge on any atom is 0.209 e. The van der Waals surface area contributed by atoms with Crippen molar-refractivity contribution in [2.75, 3.05) is 13.4 Å². The molecule has 0 bridgehead atoms. The average molecular weight is 301 g/mol. The summed E-state index contributed by atoms with van der Waals surface area (Å²) in [4.78, 5) is 0. The lowest BCUT2D eigenvalue weighted by Crippen LogP contribution is -2.44. The van der Waals surface area contributed by atoms with E-state index in [1.807, 2.05) is 12.1 Å². The lowest BCUT2D eigenvalue weighted by molar-refractivity contribution is 0.0338. The fourth-order valence-electron chi connectivity index (χ4n) is 2.62. The van der Waals surface area contributed by atoms with Gasteiger partial charge in [-0.2, -0.15) is 0 Å². The van der Waals surface area contributed by atoms with Crippen LogP contribution in [0.15, 0.2) is 24.3 Å². The predicted molar refractivity (Wildman–Crippen MR) is 74.1 cm³/mol. The fourth-order valence-corrected chi connectivity index (χ4v) is 3.42. The Hall–Kier alpha value is -1.15. The number of hydrogen-bond donors (Lipinski definition) is 3. The van der Waals surface area contributed by atoms with Crippen molar-refractivity contribution in [3.8, 4) is 5.75 Å². The van der Waals surface area contributed by atoms with Gasteiger partial charge in [0.2, 0.25) is 10.0 Å². The van der Waals surface area contributed by atoms with Crippen LogP contribution in [0.4, 0.5) is 0 Å². The molecule has 0 amide bonds. The minimum absolute atomic E-state index is 0.277. The second-order valence-electron chi connectivity index (χ2n) is 5.09. The molecule has 112 valence electrons. The van der Waals surface area contributed by atoms with Crippen LogP contribution in [0, 0.1) is 0 Å². The van der Waals surface area contributed by atoms with E-state index < -0.39 is 28.3 Å². The largest absolute Gasteiger partial charge is 0.497 e. The van der Waals surface area contributed by atoms with Crippen LogP contribution in [0.5, 0.6) is 5.75 Å². The summed E-state index contributed by atoms with van der Waals surface area (Å²) >= 11 is 0. The summed E-state index contributed by atoms with van der Waals surface area (Å²) < 4.78 is 30.3. The van der Waals surface area contributed by atoms with E-state index in [4.69, 9.17) is 4.74 Å². The molecule has 0 radical (unpaired) electrons. The third-order valence-electron chi connectivity index (χ3n) is 3.59. The number of hydrogen-bond acceptors (Lipinski definition) is 5. The Labute approximate surface area is 118 Å². The number of aliphatic hydroxyl groups excluding tert-OH is 2. The molecule has 0 spiro atoms. The van der Waals surface area contributed by atoms with Gasteiger partial charge >= 0.3 is 0 Å². The van der Waals surface area contributed by atoms with Gasteiger partial charge in [-0.1, -0.05) is 12.1 Å².